The van der Waals surface area contributed by atoms with Crippen molar-refractivity contribution in [2.75, 3.05) is 0 Å². The second kappa shape index (κ2) is 7.06. The zero-order chi connectivity index (χ0) is 17.9. The minimum atomic E-state index is -4.49. The Bertz CT molecular complexity index is 704. The molecule has 9 heteroatoms. The van der Waals surface area contributed by atoms with E-state index in [2.05, 4.69) is 15.5 Å². The summed E-state index contributed by atoms with van der Waals surface area (Å²) in [5.41, 5.74) is 0.290. The summed E-state index contributed by atoms with van der Waals surface area (Å²) >= 11 is 0. The van der Waals surface area contributed by atoms with Gasteiger partial charge >= 0.3 is 6.18 Å². The molecule has 1 N–H and O–H groups in total. The summed E-state index contributed by atoms with van der Waals surface area (Å²) in [4.78, 5) is 12.1. The molecular weight excluding hydrogens is 323 g/mol. The fourth-order valence-corrected chi connectivity index (χ4v) is 2.21. The minimum absolute atomic E-state index is 0.0853. The van der Waals surface area contributed by atoms with Gasteiger partial charge in [-0.05, 0) is 19.9 Å². The van der Waals surface area contributed by atoms with Crippen LogP contribution in [0.15, 0.2) is 18.5 Å². The van der Waals surface area contributed by atoms with Crippen LogP contribution in [0.25, 0.3) is 0 Å². The Hall–Kier alpha value is -2.32. The minimum Gasteiger partial charge on any atom is -0.352 e. The first-order valence-corrected chi connectivity index (χ1v) is 7.61. The molecule has 0 aliphatic rings. The number of alkyl halides is 3. The summed E-state index contributed by atoms with van der Waals surface area (Å²) < 4.78 is 40.9. The molecule has 2 heterocycles. The number of aromatic nitrogens is 4. The standard InChI is InChI=1S/C15H20F3N5O/c1-4-22-9-12(7-20-22)6-19-14(24)10(2)8-23-11(3)5-13(21-23)15(16,17)18/h5,7,9-10H,4,6,8H2,1-3H3,(H,19,24). The Kier molecular flexibility index (Phi) is 5.30. The molecule has 2 aromatic heterocycles. The van der Waals surface area contributed by atoms with Crippen molar-refractivity contribution in [3.05, 3.63) is 35.4 Å². The Morgan fingerprint density at radius 3 is 2.67 bits per heavy atom. The van der Waals surface area contributed by atoms with Crippen molar-refractivity contribution >= 4 is 5.91 Å². The summed E-state index contributed by atoms with van der Waals surface area (Å²) in [6.07, 6.45) is -0.985. The van der Waals surface area contributed by atoms with E-state index in [-0.39, 0.29) is 12.5 Å². The van der Waals surface area contributed by atoms with Crippen molar-refractivity contribution in [3.8, 4) is 0 Å². The molecule has 6 nitrogen and oxygen atoms in total. The highest BCUT2D eigenvalue weighted by molar-refractivity contribution is 5.78. The van der Waals surface area contributed by atoms with Gasteiger partial charge in [-0.25, -0.2) is 0 Å². The van der Waals surface area contributed by atoms with Crippen LogP contribution < -0.4 is 5.32 Å². The normalized spacial score (nSPS) is 13.1. The van der Waals surface area contributed by atoms with E-state index in [9.17, 15) is 18.0 Å². The summed E-state index contributed by atoms with van der Waals surface area (Å²) in [6, 6.07) is 0.976. The van der Waals surface area contributed by atoms with E-state index in [1.165, 1.54) is 11.6 Å². The molecule has 0 aromatic carbocycles. The van der Waals surface area contributed by atoms with E-state index in [1.54, 1.807) is 17.8 Å². The monoisotopic (exact) mass is 343 g/mol. The quantitative estimate of drug-likeness (QED) is 0.876. The molecule has 1 atom stereocenters. The van der Waals surface area contributed by atoms with Gasteiger partial charge in [0.05, 0.1) is 18.7 Å². The zero-order valence-corrected chi connectivity index (χ0v) is 13.8. The highest BCUT2D eigenvalue weighted by atomic mass is 19.4. The first-order valence-electron chi connectivity index (χ1n) is 7.61. The number of hydrogen-bond donors (Lipinski definition) is 1. The molecule has 0 spiro atoms. The molecule has 1 amide bonds. The van der Waals surface area contributed by atoms with Gasteiger partial charge < -0.3 is 5.32 Å². The SMILES string of the molecule is CCn1cc(CNC(=O)C(C)Cn2nc(C(F)(F)F)cc2C)cn1. The molecular formula is C15H20F3N5O. The molecule has 2 aromatic rings. The Morgan fingerprint density at radius 2 is 2.12 bits per heavy atom. The largest absolute Gasteiger partial charge is 0.435 e. The van der Waals surface area contributed by atoms with E-state index >= 15 is 0 Å². The third kappa shape index (κ3) is 4.36. The van der Waals surface area contributed by atoms with Gasteiger partial charge in [-0.3, -0.25) is 14.2 Å². The summed E-state index contributed by atoms with van der Waals surface area (Å²) in [7, 11) is 0. The highest BCUT2D eigenvalue weighted by Gasteiger charge is 2.34. The van der Waals surface area contributed by atoms with Crippen LogP contribution in [0, 0.1) is 12.8 Å². The molecule has 0 saturated heterocycles. The van der Waals surface area contributed by atoms with Crippen LogP contribution >= 0.6 is 0 Å². The van der Waals surface area contributed by atoms with Gasteiger partial charge in [-0.2, -0.15) is 23.4 Å². The Balaban J connectivity index is 1.93. The van der Waals surface area contributed by atoms with Crippen molar-refractivity contribution in [1.82, 2.24) is 24.9 Å². The second-order valence-electron chi connectivity index (χ2n) is 5.67. The van der Waals surface area contributed by atoms with E-state index in [0.29, 0.717) is 12.2 Å². The smallest absolute Gasteiger partial charge is 0.352 e. The van der Waals surface area contributed by atoms with Gasteiger partial charge in [-0.15, -0.1) is 0 Å². The van der Waals surface area contributed by atoms with Crippen molar-refractivity contribution in [3.63, 3.8) is 0 Å². The summed E-state index contributed by atoms with van der Waals surface area (Å²) in [5, 5.41) is 10.4. The van der Waals surface area contributed by atoms with Crippen molar-refractivity contribution in [2.45, 2.75) is 46.6 Å². The average Bonchev–Trinajstić information content (AvgIpc) is 3.11. The third-order valence-corrected chi connectivity index (χ3v) is 3.64. The number of hydrogen-bond acceptors (Lipinski definition) is 3. The fourth-order valence-electron chi connectivity index (χ4n) is 2.21. The van der Waals surface area contributed by atoms with Gasteiger partial charge in [0.2, 0.25) is 5.91 Å². The molecule has 24 heavy (non-hydrogen) atoms. The number of carbonyl (C=O) groups is 1. The molecule has 0 fully saturated rings. The molecule has 0 aliphatic heterocycles. The number of carbonyl (C=O) groups excluding carboxylic acids is 1. The topological polar surface area (TPSA) is 64.7 Å². The zero-order valence-electron chi connectivity index (χ0n) is 13.8. The van der Waals surface area contributed by atoms with Crippen molar-refractivity contribution < 1.29 is 18.0 Å². The lowest BCUT2D eigenvalue weighted by Gasteiger charge is -2.13. The van der Waals surface area contributed by atoms with Crippen LogP contribution in [0.2, 0.25) is 0 Å². The van der Waals surface area contributed by atoms with Crippen molar-refractivity contribution in [2.24, 2.45) is 5.92 Å². The number of aryl methyl sites for hydroxylation is 2. The van der Waals surface area contributed by atoms with E-state index in [1.807, 2.05) is 13.1 Å². The van der Waals surface area contributed by atoms with Gasteiger partial charge in [-0.1, -0.05) is 6.92 Å². The maximum Gasteiger partial charge on any atom is 0.435 e. The summed E-state index contributed by atoms with van der Waals surface area (Å²) in [6.45, 7) is 6.30. The maximum atomic E-state index is 12.7. The fraction of sp³-hybridized carbons (Fsp3) is 0.533. The number of amides is 1. The third-order valence-electron chi connectivity index (χ3n) is 3.64. The van der Waals surface area contributed by atoms with Gasteiger partial charge in [0, 0.05) is 30.5 Å². The van der Waals surface area contributed by atoms with Gasteiger partial charge in [0.25, 0.3) is 0 Å². The van der Waals surface area contributed by atoms with Gasteiger partial charge in [0.1, 0.15) is 0 Å². The first kappa shape index (κ1) is 18.0. The lowest BCUT2D eigenvalue weighted by atomic mass is 10.1. The van der Waals surface area contributed by atoms with Crippen LogP contribution in [-0.2, 0) is 30.6 Å². The highest BCUT2D eigenvalue weighted by Crippen LogP contribution is 2.28. The maximum absolute atomic E-state index is 12.7. The molecule has 2 rings (SSSR count). The second-order valence-corrected chi connectivity index (χ2v) is 5.67. The van der Waals surface area contributed by atoms with Gasteiger partial charge in [0.15, 0.2) is 5.69 Å². The predicted molar refractivity (Wildman–Crippen MR) is 80.9 cm³/mol. The number of nitrogens with zero attached hydrogens (tertiary/aromatic N) is 4. The molecule has 0 bridgehead atoms. The molecule has 0 saturated carbocycles. The van der Waals surface area contributed by atoms with Crippen LogP contribution in [0.5, 0.6) is 0 Å². The van der Waals surface area contributed by atoms with Crippen molar-refractivity contribution in [1.29, 1.82) is 0 Å². The molecule has 0 radical (unpaired) electrons. The number of nitrogens with one attached hydrogen (secondary N) is 1. The van der Waals surface area contributed by atoms with Crippen LogP contribution in [0.4, 0.5) is 13.2 Å². The first-order chi connectivity index (χ1) is 11.2. The van der Waals surface area contributed by atoms with Crippen LogP contribution in [0.3, 0.4) is 0 Å². The number of rotatable bonds is 6. The van der Waals surface area contributed by atoms with Crippen LogP contribution in [-0.4, -0.2) is 25.5 Å². The Labute approximate surface area is 137 Å². The lowest BCUT2D eigenvalue weighted by Crippen LogP contribution is -2.31. The summed E-state index contributed by atoms with van der Waals surface area (Å²) in [5.74, 6) is -0.756. The van der Waals surface area contributed by atoms with Crippen LogP contribution in [0.1, 0.15) is 30.8 Å². The molecule has 1 unspecified atom stereocenters. The van der Waals surface area contributed by atoms with E-state index < -0.39 is 17.8 Å². The average molecular weight is 343 g/mol. The molecule has 0 aliphatic carbocycles. The van der Waals surface area contributed by atoms with E-state index in [0.717, 1.165) is 18.2 Å². The predicted octanol–water partition coefficient (Wildman–Crippen LogP) is 2.38. The lowest BCUT2D eigenvalue weighted by molar-refractivity contribution is -0.141. The van der Waals surface area contributed by atoms with E-state index in [4.69, 9.17) is 0 Å². The number of halogens is 3. The molecule has 132 valence electrons. The Morgan fingerprint density at radius 1 is 1.42 bits per heavy atom.